The van der Waals surface area contributed by atoms with E-state index in [0.717, 1.165) is 10.2 Å². The van der Waals surface area contributed by atoms with E-state index in [1.165, 1.54) is 0 Å². The first-order chi connectivity index (χ1) is 6.66. The van der Waals surface area contributed by atoms with Gasteiger partial charge in [-0.15, -0.1) is 0 Å². The molecular weight excluding hydrogens is 287 g/mol. The van der Waals surface area contributed by atoms with E-state index in [0.29, 0.717) is 10.0 Å². The van der Waals surface area contributed by atoms with Gasteiger partial charge in [0.25, 0.3) is 0 Å². The summed E-state index contributed by atoms with van der Waals surface area (Å²) >= 11 is 15.2. The second-order valence-corrected chi connectivity index (χ2v) is 4.46. The number of aromatic nitrogens is 2. The van der Waals surface area contributed by atoms with Crippen LogP contribution in [0.2, 0.25) is 10.0 Å². The second-order valence-electron chi connectivity index (χ2n) is 2.70. The molecule has 1 heterocycles. The lowest BCUT2D eigenvalue weighted by Crippen LogP contribution is -1.94. The number of halogens is 3. The van der Waals surface area contributed by atoms with Crippen molar-refractivity contribution in [3.8, 4) is 5.69 Å². The Balaban J connectivity index is 2.55. The molecule has 14 heavy (non-hydrogen) atoms. The van der Waals surface area contributed by atoms with E-state index in [-0.39, 0.29) is 0 Å². The van der Waals surface area contributed by atoms with Crippen LogP contribution in [0.5, 0.6) is 0 Å². The lowest BCUT2D eigenvalue weighted by Gasteiger charge is -2.03. The number of hydrogen-bond acceptors (Lipinski definition) is 1. The van der Waals surface area contributed by atoms with Gasteiger partial charge in [-0.3, -0.25) is 0 Å². The van der Waals surface area contributed by atoms with E-state index in [9.17, 15) is 0 Å². The van der Waals surface area contributed by atoms with Crippen LogP contribution in [0.15, 0.2) is 35.1 Å². The van der Waals surface area contributed by atoms with Crippen molar-refractivity contribution in [2.45, 2.75) is 0 Å². The van der Waals surface area contributed by atoms with Gasteiger partial charge in [-0.05, 0) is 34.1 Å². The monoisotopic (exact) mass is 290 g/mol. The highest BCUT2D eigenvalue weighted by molar-refractivity contribution is 9.10. The molecule has 0 saturated heterocycles. The van der Waals surface area contributed by atoms with Gasteiger partial charge < -0.3 is 0 Å². The Morgan fingerprint density at radius 2 is 2.07 bits per heavy atom. The topological polar surface area (TPSA) is 17.8 Å². The molecule has 0 aliphatic heterocycles. The van der Waals surface area contributed by atoms with Crippen LogP contribution in [0.1, 0.15) is 0 Å². The van der Waals surface area contributed by atoms with Crippen molar-refractivity contribution < 1.29 is 0 Å². The van der Waals surface area contributed by atoms with Crippen molar-refractivity contribution in [2.24, 2.45) is 0 Å². The minimum atomic E-state index is 0.616. The van der Waals surface area contributed by atoms with Gasteiger partial charge >= 0.3 is 0 Å². The summed E-state index contributed by atoms with van der Waals surface area (Å²) in [4.78, 5) is 0. The lowest BCUT2D eigenvalue weighted by molar-refractivity contribution is 0.880. The highest BCUT2D eigenvalue weighted by Gasteiger charge is 2.04. The van der Waals surface area contributed by atoms with Crippen LogP contribution in [0.25, 0.3) is 5.69 Å². The summed E-state index contributed by atoms with van der Waals surface area (Å²) in [7, 11) is 0. The van der Waals surface area contributed by atoms with Crippen LogP contribution in [0.4, 0.5) is 0 Å². The van der Waals surface area contributed by atoms with Crippen LogP contribution in [-0.4, -0.2) is 9.78 Å². The molecule has 0 saturated carbocycles. The summed E-state index contributed by atoms with van der Waals surface area (Å²) < 4.78 is 2.56. The molecule has 1 aromatic heterocycles. The average Bonchev–Trinajstić information content (AvgIpc) is 2.56. The minimum absolute atomic E-state index is 0.616. The molecule has 2 rings (SSSR count). The lowest BCUT2D eigenvalue weighted by atomic mass is 10.3. The van der Waals surface area contributed by atoms with Crippen LogP contribution in [0.3, 0.4) is 0 Å². The number of benzene rings is 1. The highest BCUT2D eigenvalue weighted by atomic mass is 79.9. The summed E-state index contributed by atoms with van der Waals surface area (Å²) in [5, 5.41) is 5.37. The smallest absolute Gasteiger partial charge is 0.0847 e. The molecule has 2 nitrogen and oxygen atoms in total. The molecule has 5 heteroatoms. The van der Waals surface area contributed by atoms with Gasteiger partial charge in [0.2, 0.25) is 0 Å². The van der Waals surface area contributed by atoms with E-state index in [4.69, 9.17) is 23.2 Å². The number of nitrogens with zero attached hydrogens (tertiary/aromatic N) is 2. The normalized spacial score (nSPS) is 10.5. The first-order valence-electron chi connectivity index (χ1n) is 3.82. The van der Waals surface area contributed by atoms with Crippen LogP contribution < -0.4 is 0 Å². The Labute approximate surface area is 99.6 Å². The van der Waals surface area contributed by atoms with Crippen LogP contribution >= 0.6 is 39.1 Å². The molecule has 1 aromatic carbocycles. The van der Waals surface area contributed by atoms with Gasteiger partial charge in [0.15, 0.2) is 0 Å². The summed E-state index contributed by atoms with van der Waals surface area (Å²) in [5.41, 5.74) is 0.768. The maximum Gasteiger partial charge on any atom is 0.0847 e. The van der Waals surface area contributed by atoms with E-state index in [2.05, 4.69) is 21.0 Å². The predicted octanol–water partition coefficient (Wildman–Crippen LogP) is 3.94. The van der Waals surface area contributed by atoms with Crippen LogP contribution in [-0.2, 0) is 0 Å². The summed E-state index contributed by atoms with van der Waals surface area (Å²) in [6, 6.07) is 5.25. The SMILES string of the molecule is Clc1ccc(Cl)c(-n2cc(Br)cn2)c1. The zero-order valence-corrected chi connectivity index (χ0v) is 10.0. The Morgan fingerprint density at radius 1 is 1.29 bits per heavy atom. The maximum atomic E-state index is 6.01. The summed E-state index contributed by atoms with van der Waals surface area (Å²) in [5.74, 6) is 0. The molecule has 0 aliphatic rings. The zero-order chi connectivity index (χ0) is 10.1. The summed E-state index contributed by atoms with van der Waals surface area (Å²) in [6.07, 6.45) is 3.51. The molecule has 0 unspecified atom stereocenters. The zero-order valence-electron chi connectivity index (χ0n) is 6.92. The van der Waals surface area contributed by atoms with Gasteiger partial charge in [0, 0.05) is 11.2 Å². The molecular formula is C9H5BrCl2N2. The number of hydrogen-bond donors (Lipinski definition) is 0. The molecule has 0 radical (unpaired) electrons. The van der Waals surface area contributed by atoms with E-state index in [1.807, 2.05) is 6.20 Å². The van der Waals surface area contributed by atoms with Gasteiger partial charge in [-0.2, -0.15) is 5.10 Å². The van der Waals surface area contributed by atoms with Crippen molar-refractivity contribution in [1.29, 1.82) is 0 Å². The Morgan fingerprint density at radius 3 is 2.71 bits per heavy atom. The third-order valence-electron chi connectivity index (χ3n) is 1.71. The Bertz CT molecular complexity index is 468. The summed E-state index contributed by atoms with van der Waals surface area (Å²) in [6.45, 7) is 0. The first-order valence-corrected chi connectivity index (χ1v) is 5.37. The molecule has 0 bridgehead atoms. The molecule has 0 aliphatic carbocycles. The molecule has 0 atom stereocenters. The van der Waals surface area contributed by atoms with Crippen molar-refractivity contribution in [3.63, 3.8) is 0 Å². The first kappa shape index (κ1) is 10.0. The van der Waals surface area contributed by atoms with Gasteiger partial charge in [0.1, 0.15) is 0 Å². The molecule has 0 N–H and O–H groups in total. The maximum absolute atomic E-state index is 6.01. The second kappa shape index (κ2) is 3.93. The number of rotatable bonds is 1. The van der Waals surface area contributed by atoms with Crippen molar-refractivity contribution in [3.05, 3.63) is 45.1 Å². The quantitative estimate of drug-likeness (QED) is 0.778. The third-order valence-corrected chi connectivity index (χ3v) is 2.67. The standard InChI is InChI=1S/C9H5BrCl2N2/c10-6-4-13-14(5-6)9-3-7(11)1-2-8(9)12/h1-5H. The fourth-order valence-electron chi connectivity index (χ4n) is 1.09. The predicted molar refractivity (Wildman–Crippen MR) is 61.3 cm³/mol. The van der Waals surface area contributed by atoms with E-state index >= 15 is 0 Å². The van der Waals surface area contributed by atoms with Crippen LogP contribution in [0, 0.1) is 0 Å². The molecule has 72 valence electrons. The van der Waals surface area contributed by atoms with Gasteiger partial charge in [-0.25, -0.2) is 4.68 Å². The minimum Gasteiger partial charge on any atom is -0.238 e. The molecule has 0 fully saturated rings. The molecule has 0 amide bonds. The largest absolute Gasteiger partial charge is 0.238 e. The molecule has 2 aromatic rings. The fourth-order valence-corrected chi connectivity index (χ4v) is 1.75. The highest BCUT2D eigenvalue weighted by Crippen LogP contribution is 2.24. The van der Waals surface area contributed by atoms with Crippen molar-refractivity contribution in [1.82, 2.24) is 9.78 Å². The fraction of sp³-hybridized carbons (Fsp3) is 0. The van der Waals surface area contributed by atoms with Crippen molar-refractivity contribution in [2.75, 3.05) is 0 Å². The third kappa shape index (κ3) is 1.95. The molecule has 0 spiro atoms. The van der Waals surface area contributed by atoms with Crippen molar-refractivity contribution >= 4 is 39.1 Å². The average molecular weight is 292 g/mol. The van der Waals surface area contributed by atoms with Gasteiger partial charge in [-0.1, -0.05) is 23.2 Å². The van der Waals surface area contributed by atoms with E-state index < -0.39 is 0 Å². The van der Waals surface area contributed by atoms with E-state index in [1.54, 1.807) is 29.1 Å². The van der Waals surface area contributed by atoms with Gasteiger partial charge in [0.05, 0.1) is 21.4 Å². The Kier molecular flexibility index (Phi) is 2.81. The Hall–Kier alpha value is -0.510.